The molecule has 7 nitrogen and oxygen atoms in total. The first-order valence-electron chi connectivity index (χ1n) is 10.2. The molecular formula is C23H26N2O5S. The van der Waals surface area contributed by atoms with Crippen molar-refractivity contribution in [3.05, 3.63) is 84.4 Å². The lowest BCUT2D eigenvalue weighted by molar-refractivity contribution is -0.184. The van der Waals surface area contributed by atoms with E-state index in [1.165, 1.54) is 5.56 Å². The van der Waals surface area contributed by atoms with Crippen LogP contribution in [-0.2, 0) is 36.7 Å². The topological polar surface area (TPSA) is 79.7 Å². The van der Waals surface area contributed by atoms with Crippen molar-refractivity contribution in [1.29, 1.82) is 0 Å². The number of aromatic nitrogens is 2. The molecule has 0 amide bonds. The molecule has 0 unspecified atom stereocenters. The van der Waals surface area contributed by atoms with Gasteiger partial charge in [-0.2, -0.15) is 8.42 Å². The Labute approximate surface area is 182 Å². The van der Waals surface area contributed by atoms with Crippen molar-refractivity contribution in [3.63, 3.8) is 0 Å². The maximum Gasteiger partial charge on any atom is 0.297 e. The second-order valence-electron chi connectivity index (χ2n) is 7.73. The lowest BCUT2D eigenvalue weighted by atomic mass is 10.0. The Kier molecular flexibility index (Phi) is 6.52. The van der Waals surface area contributed by atoms with Gasteiger partial charge in [-0.25, -0.2) is 4.98 Å². The number of ether oxygens (including phenoxy) is 2. The highest BCUT2D eigenvalue weighted by Gasteiger charge is 2.42. The maximum atomic E-state index is 12.5. The zero-order valence-electron chi connectivity index (χ0n) is 17.4. The van der Waals surface area contributed by atoms with Crippen LogP contribution in [0.3, 0.4) is 0 Å². The standard InChI is InChI=1S/C23H26N2O5S/c1-19-7-9-22(10-8-19)31(26,27)29-16-21-15-28-23(30-21,17-25-14-13-24-18-25)12-11-20-5-3-2-4-6-20/h2-10,13-14,18,21H,11-12,15-17H2,1H3/t21-,23-/m1/s1. The smallest absolute Gasteiger partial charge is 0.297 e. The molecule has 0 aliphatic carbocycles. The van der Waals surface area contributed by atoms with E-state index in [0.29, 0.717) is 13.0 Å². The highest BCUT2D eigenvalue weighted by molar-refractivity contribution is 7.86. The third kappa shape index (κ3) is 5.59. The molecule has 0 saturated carbocycles. The van der Waals surface area contributed by atoms with Gasteiger partial charge in [0.25, 0.3) is 10.1 Å². The molecule has 1 fully saturated rings. The van der Waals surface area contributed by atoms with Crippen molar-refractivity contribution in [3.8, 4) is 0 Å². The molecule has 1 aromatic heterocycles. The molecule has 1 aliphatic rings. The molecule has 8 heteroatoms. The second-order valence-corrected chi connectivity index (χ2v) is 9.35. The molecule has 0 N–H and O–H groups in total. The number of hydrogen-bond acceptors (Lipinski definition) is 6. The van der Waals surface area contributed by atoms with Gasteiger partial charge < -0.3 is 14.0 Å². The van der Waals surface area contributed by atoms with Crippen molar-refractivity contribution in [2.75, 3.05) is 13.2 Å². The van der Waals surface area contributed by atoms with Gasteiger partial charge in [0.1, 0.15) is 6.10 Å². The van der Waals surface area contributed by atoms with Gasteiger partial charge in [-0.3, -0.25) is 4.18 Å². The minimum Gasteiger partial charge on any atom is -0.345 e. The van der Waals surface area contributed by atoms with Crippen LogP contribution < -0.4 is 0 Å². The Morgan fingerprint density at radius 3 is 2.65 bits per heavy atom. The van der Waals surface area contributed by atoms with Crippen molar-refractivity contribution in [2.45, 2.75) is 43.1 Å². The van der Waals surface area contributed by atoms with E-state index in [9.17, 15) is 8.42 Å². The Morgan fingerprint density at radius 1 is 1.16 bits per heavy atom. The summed E-state index contributed by atoms with van der Waals surface area (Å²) < 4.78 is 44.5. The van der Waals surface area contributed by atoms with E-state index in [2.05, 4.69) is 17.1 Å². The summed E-state index contributed by atoms with van der Waals surface area (Å²) in [6.07, 6.45) is 6.17. The Balaban J connectivity index is 1.41. The Morgan fingerprint density at radius 2 is 1.94 bits per heavy atom. The highest BCUT2D eigenvalue weighted by atomic mass is 32.2. The fourth-order valence-electron chi connectivity index (χ4n) is 3.57. The van der Waals surface area contributed by atoms with Crippen LogP contribution in [0.5, 0.6) is 0 Å². The lowest BCUT2D eigenvalue weighted by Crippen LogP contribution is -2.37. The molecular weight excluding hydrogens is 416 g/mol. The zero-order chi connectivity index (χ0) is 21.7. The number of nitrogens with zero attached hydrogens (tertiary/aromatic N) is 2. The van der Waals surface area contributed by atoms with Crippen LogP contribution in [0.15, 0.2) is 78.2 Å². The second kappa shape index (κ2) is 9.32. The van der Waals surface area contributed by atoms with Gasteiger partial charge in [-0.05, 0) is 31.0 Å². The zero-order valence-corrected chi connectivity index (χ0v) is 18.2. The van der Waals surface area contributed by atoms with E-state index < -0.39 is 22.0 Å². The van der Waals surface area contributed by atoms with Crippen LogP contribution in [0.25, 0.3) is 0 Å². The molecule has 2 heterocycles. The monoisotopic (exact) mass is 442 g/mol. The molecule has 4 rings (SSSR count). The van der Waals surface area contributed by atoms with Crippen molar-refractivity contribution in [2.24, 2.45) is 0 Å². The van der Waals surface area contributed by atoms with Crippen LogP contribution in [0.2, 0.25) is 0 Å². The molecule has 0 radical (unpaired) electrons. The van der Waals surface area contributed by atoms with E-state index in [1.54, 1.807) is 36.8 Å². The van der Waals surface area contributed by atoms with Crippen LogP contribution in [0.4, 0.5) is 0 Å². The number of hydrogen-bond donors (Lipinski definition) is 0. The average molecular weight is 443 g/mol. The number of aryl methyl sites for hydroxylation is 2. The van der Waals surface area contributed by atoms with Crippen LogP contribution in [-0.4, -0.2) is 43.1 Å². The van der Waals surface area contributed by atoms with Gasteiger partial charge in [0, 0.05) is 18.8 Å². The van der Waals surface area contributed by atoms with Crippen LogP contribution in [0.1, 0.15) is 17.5 Å². The normalized spacial score (nSPS) is 21.4. The summed E-state index contributed by atoms with van der Waals surface area (Å²) in [4.78, 5) is 4.22. The largest absolute Gasteiger partial charge is 0.345 e. The summed E-state index contributed by atoms with van der Waals surface area (Å²) in [6.45, 7) is 2.51. The summed E-state index contributed by atoms with van der Waals surface area (Å²) in [5.41, 5.74) is 2.16. The van der Waals surface area contributed by atoms with Gasteiger partial charge in [0.15, 0.2) is 5.79 Å². The van der Waals surface area contributed by atoms with Crippen molar-refractivity contribution >= 4 is 10.1 Å². The molecule has 0 spiro atoms. The van der Waals surface area contributed by atoms with E-state index in [1.807, 2.05) is 35.9 Å². The van der Waals surface area contributed by atoms with Crippen molar-refractivity contribution in [1.82, 2.24) is 9.55 Å². The van der Waals surface area contributed by atoms with Crippen LogP contribution in [0, 0.1) is 6.92 Å². The van der Waals surface area contributed by atoms with Gasteiger partial charge in [-0.1, -0.05) is 48.0 Å². The first kappa shape index (κ1) is 21.7. The molecule has 164 valence electrons. The van der Waals surface area contributed by atoms with E-state index in [4.69, 9.17) is 13.7 Å². The molecule has 3 aromatic rings. The SMILES string of the molecule is Cc1ccc(S(=O)(=O)OC[C@H]2CO[C@@](CCc3ccccc3)(Cn3ccnc3)O2)cc1. The van der Waals surface area contributed by atoms with Crippen molar-refractivity contribution < 1.29 is 22.1 Å². The molecule has 1 saturated heterocycles. The van der Waals surface area contributed by atoms with Gasteiger partial charge in [0.05, 0.1) is 31.0 Å². The summed E-state index contributed by atoms with van der Waals surface area (Å²) >= 11 is 0. The minimum atomic E-state index is -3.86. The quantitative estimate of drug-likeness (QED) is 0.473. The Bertz CT molecular complexity index is 1070. The average Bonchev–Trinajstić information content (AvgIpc) is 3.43. The third-order valence-electron chi connectivity index (χ3n) is 5.25. The molecule has 31 heavy (non-hydrogen) atoms. The van der Waals surface area contributed by atoms with Crippen LogP contribution >= 0.6 is 0 Å². The minimum absolute atomic E-state index is 0.104. The van der Waals surface area contributed by atoms with E-state index >= 15 is 0 Å². The highest BCUT2D eigenvalue weighted by Crippen LogP contribution is 2.31. The number of benzene rings is 2. The van der Waals surface area contributed by atoms with E-state index in [0.717, 1.165) is 12.0 Å². The first-order valence-corrected chi connectivity index (χ1v) is 11.6. The fraction of sp³-hybridized carbons (Fsp3) is 0.348. The first-order chi connectivity index (χ1) is 14.9. The summed E-state index contributed by atoms with van der Waals surface area (Å²) in [6, 6.07) is 16.7. The van der Waals surface area contributed by atoms with Gasteiger partial charge in [-0.15, -0.1) is 0 Å². The lowest BCUT2D eigenvalue weighted by Gasteiger charge is -2.28. The summed E-state index contributed by atoms with van der Waals surface area (Å²) in [5, 5.41) is 0. The summed E-state index contributed by atoms with van der Waals surface area (Å²) in [7, 11) is -3.86. The van der Waals surface area contributed by atoms with Gasteiger partial charge in [0.2, 0.25) is 0 Å². The predicted octanol–water partition coefficient (Wildman–Crippen LogP) is 3.34. The molecule has 0 bridgehead atoms. The molecule has 2 aromatic carbocycles. The fourth-order valence-corrected chi connectivity index (χ4v) is 4.50. The molecule has 2 atom stereocenters. The Hall–Kier alpha value is -2.52. The summed E-state index contributed by atoms with van der Waals surface area (Å²) in [5.74, 6) is -0.877. The maximum absolute atomic E-state index is 12.5. The third-order valence-corrected chi connectivity index (χ3v) is 6.55. The molecule has 1 aliphatic heterocycles. The predicted molar refractivity (Wildman–Crippen MR) is 115 cm³/mol. The number of imidazole rings is 1. The van der Waals surface area contributed by atoms with E-state index in [-0.39, 0.29) is 18.1 Å². The van der Waals surface area contributed by atoms with Gasteiger partial charge >= 0.3 is 0 Å². The number of rotatable bonds is 9.